The smallest absolute Gasteiger partial charge is 0.323 e. The average Bonchev–Trinajstić information content (AvgIpc) is 0.986. The number of unbranched alkanes of at least 4 members (excludes halogenated alkanes) is 1. The Labute approximate surface area is 539 Å². The molecule has 31 heteroatoms. The van der Waals surface area contributed by atoms with Crippen LogP contribution in [0.4, 0.5) is 0 Å². The maximum absolute atomic E-state index is 14.7. The Kier molecular flexibility index (Phi) is 37.4. The van der Waals surface area contributed by atoms with Crippen molar-refractivity contribution < 1.29 is 67.4 Å². The third-order valence-electron chi connectivity index (χ3n) is 15.5. The van der Waals surface area contributed by atoms with Crippen LogP contribution in [0.5, 0.6) is 0 Å². The van der Waals surface area contributed by atoms with E-state index in [1.807, 2.05) is 0 Å². The second kappa shape index (κ2) is 42.7. The summed E-state index contributed by atoms with van der Waals surface area (Å²) in [5.41, 5.74) is 36.3. The molecule has 14 atom stereocenters. The quantitative estimate of drug-likeness (QED) is 0.0238. The fourth-order valence-electron chi connectivity index (χ4n) is 9.71. The van der Waals surface area contributed by atoms with Crippen molar-refractivity contribution in [3.63, 3.8) is 0 Å². The number of hydrogen-bond acceptors (Lipinski definition) is 20. The van der Waals surface area contributed by atoms with Crippen molar-refractivity contribution in [1.82, 2.24) is 58.5 Å². The van der Waals surface area contributed by atoms with Crippen molar-refractivity contribution in [2.75, 3.05) is 39.3 Å². The molecule has 0 bridgehead atoms. The Morgan fingerprint density at radius 2 is 1.09 bits per heavy atom. The first-order chi connectivity index (χ1) is 43.5. The van der Waals surface area contributed by atoms with Gasteiger partial charge >= 0.3 is 5.97 Å². The SMILES string of the molecule is CC[C@H](C)CCCCC(=O)N[C@@H](CCN)C(=O)N[C@H](C(=O)N[C@@H](CCN)C(=O)N[C@H]1CCNC(=O)[C@H]([C@@H](C)O)NC(=O)[C@H](CCN)NC(=O)[C@H](CCN)NC(=O)[C@H](CC(C)C)NC(=O)[C@@H](Cc2ccccc2)NC(=O)[C@H](CCN)NC1=O)[C@@H](C)OC(=O)[C@@H](N)C(C)C. The number of carbonyl (C=O) groups excluding carboxylic acids is 12. The summed E-state index contributed by atoms with van der Waals surface area (Å²) in [7, 11) is 0. The van der Waals surface area contributed by atoms with E-state index in [9.17, 15) is 62.6 Å². The molecule has 1 fully saturated rings. The topological polar surface area (TPSA) is 523 Å². The van der Waals surface area contributed by atoms with Crippen LogP contribution in [0.1, 0.15) is 138 Å². The van der Waals surface area contributed by atoms with Gasteiger partial charge in [0.25, 0.3) is 0 Å². The summed E-state index contributed by atoms with van der Waals surface area (Å²) in [6.07, 6.45) is -1.33. The van der Waals surface area contributed by atoms with Crippen LogP contribution in [-0.4, -0.2) is 194 Å². The third kappa shape index (κ3) is 28.6. The number of aliphatic hydroxyl groups is 1. The van der Waals surface area contributed by atoms with Crippen LogP contribution in [0.15, 0.2) is 30.3 Å². The minimum absolute atomic E-state index is 0.0329. The number of hydrogen-bond donors (Lipinski definition) is 18. The summed E-state index contributed by atoms with van der Waals surface area (Å²) in [5, 5.41) is 39.2. The number of ether oxygens (including phenoxy) is 1. The monoisotopic (exact) mass is 1300 g/mol. The predicted molar refractivity (Wildman–Crippen MR) is 343 cm³/mol. The highest BCUT2D eigenvalue weighted by Crippen LogP contribution is 2.15. The van der Waals surface area contributed by atoms with Gasteiger partial charge in [0.05, 0.1) is 6.10 Å². The van der Waals surface area contributed by atoms with Gasteiger partial charge in [0, 0.05) is 19.4 Å². The second-order valence-electron chi connectivity index (χ2n) is 24.2. The summed E-state index contributed by atoms with van der Waals surface area (Å²) in [6.45, 7) is 12.2. The first-order valence-electron chi connectivity index (χ1n) is 32.0. The van der Waals surface area contributed by atoms with E-state index in [0.29, 0.717) is 17.9 Å². The van der Waals surface area contributed by atoms with Crippen LogP contribution in [-0.2, 0) is 68.7 Å². The number of rotatable bonds is 32. The lowest BCUT2D eigenvalue weighted by molar-refractivity contribution is -0.155. The summed E-state index contributed by atoms with van der Waals surface area (Å²) in [5.74, 6) is -11.1. The Hall–Kier alpha value is -7.42. The Bertz CT molecular complexity index is 2550. The fraction of sp³-hybridized carbons (Fsp3) is 0.705. The molecular weight excluding hydrogens is 1190 g/mol. The van der Waals surface area contributed by atoms with E-state index in [-0.39, 0.29) is 90.0 Å². The van der Waals surface area contributed by atoms with Crippen molar-refractivity contribution in [3.05, 3.63) is 35.9 Å². The van der Waals surface area contributed by atoms with Crippen molar-refractivity contribution in [1.29, 1.82) is 0 Å². The molecule has 1 heterocycles. The van der Waals surface area contributed by atoms with E-state index in [2.05, 4.69) is 72.3 Å². The van der Waals surface area contributed by atoms with Crippen LogP contribution in [0.25, 0.3) is 0 Å². The molecule has 2 rings (SSSR count). The van der Waals surface area contributed by atoms with Gasteiger partial charge in [-0.15, -0.1) is 0 Å². The molecule has 11 amide bonds. The van der Waals surface area contributed by atoms with Crippen LogP contribution in [0, 0.1) is 17.8 Å². The zero-order chi connectivity index (χ0) is 69.2. The molecule has 31 nitrogen and oxygen atoms in total. The molecule has 0 spiro atoms. The maximum atomic E-state index is 14.7. The van der Waals surface area contributed by atoms with Gasteiger partial charge in [0.15, 0.2) is 0 Å². The highest BCUT2D eigenvalue weighted by Gasteiger charge is 2.39. The maximum Gasteiger partial charge on any atom is 0.323 e. The second-order valence-corrected chi connectivity index (χ2v) is 24.2. The molecule has 0 aromatic heterocycles. The van der Waals surface area contributed by atoms with E-state index >= 15 is 0 Å². The summed E-state index contributed by atoms with van der Waals surface area (Å²) in [6, 6.07) is -7.80. The minimum atomic E-state index is -1.77. The highest BCUT2D eigenvalue weighted by molar-refractivity contribution is 5.99. The minimum Gasteiger partial charge on any atom is -0.459 e. The third-order valence-corrected chi connectivity index (χ3v) is 15.5. The molecule has 92 heavy (non-hydrogen) atoms. The number of nitrogens with one attached hydrogen (secondary N) is 11. The summed E-state index contributed by atoms with van der Waals surface area (Å²) < 4.78 is 5.61. The van der Waals surface area contributed by atoms with E-state index in [4.69, 9.17) is 39.1 Å². The van der Waals surface area contributed by atoms with Gasteiger partial charge in [-0.2, -0.15) is 0 Å². The molecule has 1 aromatic carbocycles. The van der Waals surface area contributed by atoms with Crippen LogP contribution in [0.2, 0.25) is 0 Å². The molecule has 1 aliphatic heterocycles. The lowest BCUT2D eigenvalue weighted by Gasteiger charge is -2.30. The first kappa shape index (κ1) is 80.7. The van der Waals surface area contributed by atoms with E-state index in [1.165, 1.54) is 13.8 Å². The van der Waals surface area contributed by atoms with Crippen molar-refractivity contribution in [2.45, 2.75) is 218 Å². The molecule has 0 unspecified atom stereocenters. The molecule has 24 N–H and O–H groups in total. The number of aliphatic hydroxyl groups excluding tert-OH is 1. The average molecular weight is 1300 g/mol. The van der Waals surface area contributed by atoms with Gasteiger partial charge < -0.3 is 103 Å². The van der Waals surface area contributed by atoms with Gasteiger partial charge in [0.2, 0.25) is 65.0 Å². The number of amides is 11. The molecule has 1 aliphatic rings. The summed E-state index contributed by atoms with van der Waals surface area (Å²) >= 11 is 0. The normalized spacial score (nSPS) is 22.4. The van der Waals surface area contributed by atoms with E-state index in [0.717, 1.165) is 19.3 Å². The van der Waals surface area contributed by atoms with Gasteiger partial charge in [-0.25, -0.2) is 0 Å². The van der Waals surface area contributed by atoms with E-state index in [1.54, 1.807) is 58.0 Å². The number of nitrogens with two attached hydrogens (primary N) is 6. The molecule has 0 saturated carbocycles. The Balaban J connectivity index is 2.79. The zero-order valence-corrected chi connectivity index (χ0v) is 54.8. The number of benzene rings is 1. The molecule has 1 aromatic rings. The van der Waals surface area contributed by atoms with E-state index < -0.39 is 168 Å². The first-order valence-corrected chi connectivity index (χ1v) is 32.0. The summed E-state index contributed by atoms with van der Waals surface area (Å²) in [4.78, 5) is 169. The van der Waals surface area contributed by atoms with Crippen LogP contribution in [0.3, 0.4) is 0 Å². The molecule has 0 aliphatic carbocycles. The molecular formula is C61H107N17O14. The highest BCUT2D eigenvalue weighted by atomic mass is 16.5. The molecule has 1 saturated heterocycles. The van der Waals surface area contributed by atoms with Crippen molar-refractivity contribution in [2.24, 2.45) is 52.2 Å². The van der Waals surface area contributed by atoms with Crippen LogP contribution < -0.4 is 92.9 Å². The van der Waals surface area contributed by atoms with Crippen molar-refractivity contribution in [3.8, 4) is 0 Å². The largest absolute Gasteiger partial charge is 0.459 e. The fourth-order valence-corrected chi connectivity index (χ4v) is 9.71. The molecule has 520 valence electrons. The van der Waals surface area contributed by atoms with Gasteiger partial charge in [-0.05, 0) is 121 Å². The number of carbonyl (C=O) groups is 12. The lowest BCUT2D eigenvalue weighted by Crippen LogP contribution is -2.62. The van der Waals surface area contributed by atoms with Crippen molar-refractivity contribution >= 4 is 70.9 Å². The zero-order valence-electron chi connectivity index (χ0n) is 54.8. The Morgan fingerprint density at radius 1 is 0.587 bits per heavy atom. The van der Waals surface area contributed by atoms with Gasteiger partial charge in [0.1, 0.15) is 72.6 Å². The standard InChI is InChI=1S/C61H107N17O14/c1-9-35(6)15-13-14-18-47(80)69-39(19-25-62)55(85)78-50(37(8)92-61(91)48(67)34(4)5)60(90)74-42(22-28-65)52(82)73-44-24-30-68-59(89)49(36(7)79)77-56(86)43(23-29-66)71-51(81)40(20-26-63)72-57(87)45(31-33(2)3)75-58(88)46(32-38-16-11-10-12-17-38)76-53(83)41(21-27-64)70-54(44)84/h10-12,16-17,33-37,39-46,48-50,79H,9,13-15,18-32,62-67H2,1-8H3,(H,68,89)(H,69,80)(H,70,84)(H,71,81)(H,72,87)(H,73,82)(H,74,90)(H,75,88)(H,76,83)(H,77,86)(H,78,85)/t35-,36+,37+,39-,40-,41-,42-,43-,44-,45-,46+,48-,49-,50-/m0/s1. The van der Waals surface area contributed by atoms with Gasteiger partial charge in [-0.1, -0.05) is 91.1 Å². The Morgan fingerprint density at radius 3 is 1.60 bits per heavy atom. The molecule has 0 radical (unpaired) electrons. The lowest BCUT2D eigenvalue weighted by atomic mass is 10.00. The number of esters is 1. The van der Waals surface area contributed by atoms with Crippen LogP contribution >= 0.6 is 0 Å². The predicted octanol–water partition coefficient (Wildman–Crippen LogP) is -4.71. The van der Waals surface area contributed by atoms with Gasteiger partial charge in [-0.3, -0.25) is 57.5 Å².